The van der Waals surface area contributed by atoms with Gasteiger partial charge in [-0.1, -0.05) is 23.7 Å². The van der Waals surface area contributed by atoms with E-state index in [0.717, 1.165) is 12.8 Å². The van der Waals surface area contributed by atoms with Gasteiger partial charge in [0.2, 0.25) is 5.78 Å². The number of rotatable bonds is 5. The number of ether oxygens (including phenoxy) is 1. The normalized spacial score (nSPS) is 22.7. The summed E-state index contributed by atoms with van der Waals surface area (Å²) in [5.41, 5.74) is 0.642. The Bertz CT molecular complexity index is 899. The number of carbonyl (C=O) groups is 2. The SMILES string of the molecule is O=C(C1=C(O)C(=O)N(C[C@H]2CCCO2)[C@H]1c1cccc(Cl)c1)c1ccco1. The minimum Gasteiger partial charge on any atom is -0.503 e. The summed E-state index contributed by atoms with van der Waals surface area (Å²) in [5.74, 6) is -1.61. The van der Waals surface area contributed by atoms with Crippen LogP contribution in [0, 0.1) is 0 Å². The van der Waals surface area contributed by atoms with Crippen molar-refractivity contribution in [3.8, 4) is 0 Å². The van der Waals surface area contributed by atoms with Crippen molar-refractivity contribution in [3.05, 3.63) is 70.3 Å². The molecule has 27 heavy (non-hydrogen) atoms. The van der Waals surface area contributed by atoms with Crippen LogP contribution in [0.4, 0.5) is 0 Å². The van der Waals surface area contributed by atoms with Gasteiger partial charge >= 0.3 is 0 Å². The lowest BCUT2D eigenvalue weighted by molar-refractivity contribution is -0.131. The van der Waals surface area contributed by atoms with Gasteiger partial charge in [0.1, 0.15) is 0 Å². The molecule has 2 aromatic rings. The van der Waals surface area contributed by atoms with E-state index in [1.165, 1.54) is 17.2 Å². The minimum absolute atomic E-state index is 0.00443. The summed E-state index contributed by atoms with van der Waals surface area (Å²) in [6.07, 6.45) is 3.00. The van der Waals surface area contributed by atoms with E-state index in [9.17, 15) is 14.7 Å². The third-order valence-electron chi connectivity index (χ3n) is 4.88. The molecule has 140 valence electrons. The van der Waals surface area contributed by atoms with Crippen LogP contribution in [0.1, 0.15) is 35.0 Å². The number of benzene rings is 1. The van der Waals surface area contributed by atoms with Crippen molar-refractivity contribution in [1.29, 1.82) is 0 Å². The molecule has 0 spiro atoms. The predicted octanol–water partition coefficient (Wildman–Crippen LogP) is 3.69. The summed E-state index contributed by atoms with van der Waals surface area (Å²) in [4.78, 5) is 27.2. The molecule has 2 atom stereocenters. The summed E-state index contributed by atoms with van der Waals surface area (Å²) in [7, 11) is 0. The van der Waals surface area contributed by atoms with E-state index in [1.54, 1.807) is 30.3 Å². The highest BCUT2D eigenvalue weighted by molar-refractivity contribution is 6.30. The number of aliphatic hydroxyl groups is 1. The molecule has 1 fully saturated rings. The molecule has 0 bridgehead atoms. The molecule has 1 saturated heterocycles. The van der Waals surface area contributed by atoms with E-state index in [4.69, 9.17) is 20.8 Å². The topological polar surface area (TPSA) is 80.0 Å². The molecular weight excluding hydrogens is 370 g/mol. The summed E-state index contributed by atoms with van der Waals surface area (Å²) in [6, 6.07) is 9.26. The van der Waals surface area contributed by atoms with Gasteiger partial charge in [0.05, 0.1) is 24.0 Å². The Morgan fingerprint density at radius 3 is 2.81 bits per heavy atom. The van der Waals surface area contributed by atoms with Gasteiger partial charge in [-0.15, -0.1) is 0 Å². The van der Waals surface area contributed by atoms with E-state index in [1.807, 2.05) is 0 Å². The highest BCUT2D eigenvalue weighted by Crippen LogP contribution is 2.40. The van der Waals surface area contributed by atoms with Crippen LogP contribution in [0.5, 0.6) is 0 Å². The molecule has 0 saturated carbocycles. The van der Waals surface area contributed by atoms with Gasteiger partial charge in [-0.2, -0.15) is 0 Å². The summed E-state index contributed by atoms with van der Waals surface area (Å²) in [5, 5.41) is 11.0. The first-order valence-electron chi connectivity index (χ1n) is 8.75. The second kappa shape index (κ2) is 7.21. The molecule has 1 amide bonds. The molecule has 4 rings (SSSR count). The van der Waals surface area contributed by atoms with Crippen molar-refractivity contribution < 1.29 is 23.8 Å². The number of amides is 1. The molecule has 0 radical (unpaired) electrons. The molecule has 1 N–H and O–H groups in total. The van der Waals surface area contributed by atoms with E-state index in [-0.39, 0.29) is 24.0 Å². The zero-order chi connectivity index (χ0) is 19.0. The fourth-order valence-corrected chi connectivity index (χ4v) is 3.84. The van der Waals surface area contributed by atoms with Gasteiger partial charge in [0.15, 0.2) is 11.5 Å². The Balaban J connectivity index is 1.76. The molecule has 1 aromatic heterocycles. The monoisotopic (exact) mass is 387 g/mol. The lowest BCUT2D eigenvalue weighted by Gasteiger charge is -2.28. The van der Waals surface area contributed by atoms with Crippen LogP contribution in [-0.2, 0) is 9.53 Å². The number of aliphatic hydroxyl groups excluding tert-OH is 1. The van der Waals surface area contributed by atoms with Crippen molar-refractivity contribution in [2.75, 3.05) is 13.2 Å². The number of halogens is 1. The highest BCUT2D eigenvalue weighted by Gasteiger charge is 2.45. The van der Waals surface area contributed by atoms with Gasteiger partial charge < -0.3 is 19.2 Å². The number of carbonyl (C=O) groups excluding carboxylic acids is 2. The Morgan fingerprint density at radius 1 is 1.30 bits per heavy atom. The van der Waals surface area contributed by atoms with Crippen LogP contribution in [-0.4, -0.2) is 41.0 Å². The molecule has 2 aliphatic rings. The summed E-state index contributed by atoms with van der Waals surface area (Å²) < 4.78 is 10.8. The zero-order valence-corrected chi connectivity index (χ0v) is 15.2. The maximum atomic E-state index is 13.0. The molecular formula is C20H18ClNO5. The summed E-state index contributed by atoms with van der Waals surface area (Å²) in [6.45, 7) is 0.932. The minimum atomic E-state index is -0.752. The van der Waals surface area contributed by atoms with E-state index in [2.05, 4.69) is 0 Å². The summed E-state index contributed by atoms with van der Waals surface area (Å²) >= 11 is 6.13. The van der Waals surface area contributed by atoms with Gasteiger partial charge in [-0.25, -0.2) is 0 Å². The predicted molar refractivity (Wildman–Crippen MR) is 97.6 cm³/mol. The second-order valence-electron chi connectivity index (χ2n) is 6.62. The van der Waals surface area contributed by atoms with Gasteiger partial charge in [0, 0.05) is 18.2 Å². The molecule has 2 aliphatic heterocycles. The number of hydrogen-bond acceptors (Lipinski definition) is 5. The highest BCUT2D eigenvalue weighted by atomic mass is 35.5. The van der Waals surface area contributed by atoms with Crippen molar-refractivity contribution in [3.63, 3.8) is 0 Å². The van der Waals surface area contributed by atoms with E-state index in [0.29, 0.717) is 17.2 Å². The molecule has 3 heterocycles. The maximum Gasteiger partial charge on any atom is 0.290 e. The fourth-order valence-electron chi connectivity index (χ4n) is 3.65. The largest absolute Gasteiger partial charge is 0.503 e. The lowest BCUT2D eigenvalue weighted by Crippen LogP contribution is -2.37. The first kappa shape index (κ1) is 17.8. The fraction of sp³-hybridized carbons (Fsp3) is 0.300. The van der Waals surface area contributed by atoms with Crippen LogP contribution in [0.15, 0.2) is 58.4 Å². The number of ketones is 1. The van der Waals surface area contributed by atoms with Crippen LogP contribution < -0.4 is 0 Å². The quantitative estimate of drug-likeness (QED) is 0.791. The lowest BCUT2D eigenvalue weighted by atomic mass is 9.95. The second-order valence-corrected chi connectivity index (χ2v) is 7.06. The molecule has 0 aliphatic carbocycles. The smallest absolute Gasteiger partial charge is 0.290 e. The van der Waals surface area contributed by atoms with Gasteiger partial charge in [-0.3, -0.25) is 9.59 Å². The molecule has 0 unspecified atom stereocenters. The maximum absolute atomic E-state index is 13.0. The number of hydrogen-bond donors (Lipinski definition) is 1. The molecule has 7 heteroatoms. The van der Waals surface area contributed by atoms with Gasteiger partial charge in [0.25, 0.3) is 5.91 Å². The van der Waals surface area contributed by atoms with Gasteiger partial charge in [-0.05, 0) is 42.7 Å². The number of furan rings is 1. The molecule has 6 nitrogen and oxygen atoms in total. The van der Waals surface area contributed by atoms with Crippen LogP contribution >= 0.6 is 11.6 Å². The van der Waals surface area contributed by atoms with Crippen molar-refractivity contribution >= 4 is 23.3 Å². The Morgan fingerprint density at radius 2 is 2.15 bits per heavy atom. The Kier molecular flexibility index (Phi) is 4.76. The number of nitrogens with zero attached hydrogens (tertiary/aromatic N) is 1. The first-order chi connectivity index (χ1) is 13.1. The van der Waals surface area contributed by atoms with Crippen molar-refractivity contribution in [2.24, 2.45) is 0 Å². The van der Waals surface area contributed by atoms with Crippen molar-refractivity contribution in [2.45, 2.75) is 25.0 Å². The Labute approximate surface area is 161 Å². The standard InChI is InChI=1S/C20H18ClNO5/c21-13-5-1-4-12(10-13)17-16(18(23)15-7-3-9-27-15)19(24)20(25)22(17)11-14-6-2-8-26-14/h1,3-5,7,9-10,14,17,24H,2,6,8,11H2/t14-,17+/m1/s1. The van der Waals surface area contributed by atoms with Crippen LogP contribution in [0.2, 0.25) is 5.02 Å². The average molecular weight is 388 g/mol. The Hall–Kier alpha value is -2.57. The van der Waals surface area contributed by atoms with Crippen LogP contribution in [0.25, 0.3) is 0 Å². The van der Waals surface area contributed by atoms with E-state index >= 15 is 0 Å². The zero-order valence-electron chi connectivity index (χ0n) is 14.4. The van der Waals surface area contributed by atoms with Crippen LogP contribution in [0.3, 0.4) is 0 Å². The molecule has 1 aromatic carbocycles. The number of Topliss-reactive ketones (excluding diaryl/α,β-unsaturated/α-hetero) is 1. The van der Waals surface area contributed by atoms with E-state index < -0.39 is 23.5 Å². The first-order valence-corrected chi connectivity index (χ1v) is 9.13. The average Bonchev–Trinajstić information content (AvgIpc) is 3.40. The third-order valence-corrected chi connectivity index (χ3v) is 5.12. The van der Waals surface area contributed by atoms with Crippen molar-refractivity contribution in [1.82, 2.24) is 4.90 Å². The third kappa shape index (κ3) is 3.26.